The molecule has 172 valence electrons. The summed E-state index contributed by atoms with van der Waals surface area (Å²) < 4.78 is 10.3. The van der Waals surface area contributed by atoms with Crippen LogP contribution in [0, 0.1) is 0 Å². The molecule has 0 unspecified atom stereocenters. The minimum absolute atomic E-state index is 0.0280. The van der Waals surface area contributed by atoms with Crippen LogP contribution in [-0.2, 0) is 0 Å². The summed E-state index contributed by atoms with van der Waals surface area (Å²) in [7, 11) is 3.09. The van der Waals surface area contributed by atoms with E-state index in [1.165, 1.54) is 4.90 Å². The quantitative estimate of drug-likeness (QED) is 0.386. The summed E-state index contributed by atoms with van der Waals surface area (Å²) in [5.74, 6) is -0.404. The van der Waals surface area contributed by atoms with Crippen LogP contribution in [0.25, 0.3) is 22.5 Å². The summed E-state index contributed by atoms with van der Waals surface area (Å²) in [5, 5.41) is -0.0278. The highest BCUT2D eigenvalue weighted by atomic mass is 32.1. The molecule has 2 aromatic carbocycles. The van der Waals surface area contributed by atoms with Gasteiger partial charge in [0.2, 0.25) is 5.78 Å². The van der Waals surface area contributed by atoms with Crippen LogP contribution >= 0.6 is 22.7 Å². The van der Waals surface area contributed by atoms with Gasteiger partial charge in [-0.1, -0.05) is 83.3 Å². The highest BCUT2D eigenvalue weighted by molar-refractivity contribution is 7.19. The minimum atomic E-state index is -1.03. The van der Waals surface area contributed by atoms with Crippen molar-refractivity contribution in [2.24, 2.45) is 5.73 Å². The minimum Gasteiger partial charge on any atom is -0.381 e. The number of thiazole rings is 2. The standard InChI is InChI=1S/C23H18N4O5S2/c1-27(2)23(30)32-22-26-16(14-11-7-4-8-12-14)19(34-22)17(28)18-15(13-9-5-3-6-10-13)25-21(33-18)31-20(24)29/h3-12H,1-2H3,(H2,24,29). The van der Waals surface area contributed by atoms with Crippen LogP contribution < -0.4 is 15.2 Å². The fourth-order valence-corrected chi connectivity index (χ4v) is 4.77. The van der Waals surface area contributed by atoms with Gasteiger partial charge in [-0.25, -0.2) is 19.6 Å². The Morgan fingerprint density at radius 2 is 1.21 bits per heavy atom. The average molecular weight is 495 g/mol. The molecule has 2 amide bonds. The number of hydrogen-bond donors (Lipinski definition) is 1. The zero-order valence-electron chi connectivity index (χ0n) is 18.1. The monoisotopic (exact) mass is 494 g/mol. The number of benzene rings is 2. The van der Waals surface area contributed by atoms with Gasteiger partial charge in [-0.2, -0.15) is 0 Å². The van der Waals surface area contributed by atoms with Gasteiger partial charge in [-0.05, 0) is 0 Å². The van der Waals surface area contributed by atoms with Crippen molar-refractivity contribution in [2.45, 2.75) is 0 Å². The molecule has 4 rings (SSSR count). The van der Waals surface area contributed by atoms with Crippen LogP contribution in [0.4, 0.5) is 9.59 Å². The molecular formula is C23H18N4O5S2. The van der Waals surface area contributed by atoms with Gasteiger partial charge in [0.05, 0.1) is 11.4 Å². The Labute approximate surface area is 202 Å². The van der Waals surface area contributed by atoms with Crippen molar-refractivity contribution in [3.05, 3.63) is 70.4 Å². The number of nitrogens with zero attached hydrogens (tertiary/aromatic N) is 3. The van der Waals surface area contributed by atoms with E-state index in [2.05, 4.69) is 9.97 Å². The average Bonchev–Trinajstić information content (AvgIpc) is 3.44. The zero-order valence-corrected chi connectivity index (χ0v) is 19.7. The Balaban J connectivity index is 1.83. The third-order valence-corrected chi connectivity index (χ3v) is 6.31. The maximum absolute atomic E-state index is 13.8. The van der Waals surface area contributed by atoms with Crippen molar-refractivity contribution in [3.63, 3.8) is 0 Å². The number of ether oxygens (including phenoxy) is 2. The van der Waals surface area contributed by atoms with E-state index in [1.807, 2.05) is 24.3 Å². The van der Waals surface area contributed by atoms with Gasteiger partial charge < -0.3 is 20.1 Å². The van der Waals surface area contributed by atoms with Crippen molar-refractivity contribution in [1.29, 1.82) is 0 Å². The molecule has 0 spiro atoms. The number of ketones is 1. The van der Waals surface area contributed by atoms with Crippen LogP contribution in [0.5, 0.6) is 10.4 Å². The second-order valence-corrected chi connectivity index (χ2v) is 8.98. The van der Waals surface area contributed by atoms with Gasteiger partial charge in [0.1, 0.15) is 9.75 Å². The van der Waals surface area contributed by atoms with Crippen LogP contribution in [0.2, 0.25) is 0 Å². The molecule has 0 fully saturated rings. The molecule has 0 radical (unpaired) electrons. The van der Waals surface area contributed by atoms with E-state index in [-0.39, 0.29) is 20.1 Å². The summed E-state index contributed by atoms with van der Waals surface area (Å²) in [6.07, 6.45) is -1.65. The molecule has 0 aliphatic carbocycles. The van der Waals surface area contributed by atoms with Crippen molar-refractivity contribution in [3.8, 4) is 32.9 Å². The van der Waals surface area contributed by atoms with Crippen molar-refractivity contribution >= 4 is 40.6 Å². The highest BCUT2D eigenvalue weighted by Gasteiger charge is 2.28. The molecule has 4 aromatic rings. The summed E-state index contributed by atoms with van der Waals surface area (Å²) in [6.45, 7) is 0. The van der Waals surface area contributed by atoms with Crippen molar-refractivity contribution < 1.29 is 23.9 Å². The first-order valence-electron chi connectivity index (χ1n) is 9.87. The maximum atomic E-state index is 13.8. The third kappa shape index (κ3) is 4.95. The first kappa shape index (κ1) is 23.1. The second-order valence-electron chi connectivity index (χ2n) is 7.06. The van der Waals surface area contributed by atoms with Gasteiger partial charge in [0, 0.05) is 25.2 Å². The molecular weight excluding hydrogens is 476 g/mol. The highest BCUT2D eigenvalue weighted by Crippen LogP contribution is 2.39. The number of hydrogen-bond acceptors (Lipinski definition) is 9. The fraction of sp³-hybridized carbons (Fsp3) is 0.0870. The molecule has 0 saturated heterocycles. The summed E-state index contributed by atoms with van der Waals surface area (Å²) in [4.78, 5) is 47.6. The van der Waals surface area contributed by atoms with Gasteiger partial charge in [0.25, 0.3) is 10.4 Å². The molecule has 2 heterocycles. The van der Waals surface area contributed by atoms with Gasteiger partial charge >= 0.3 is 12.2 Å². The fourth-order valence-electron chi connectivity index (χ4n) is 2.93. The van der Waals surface area contributed by atoms with Crippen LogP contribution in [0.15, 0.2) is 60.7 Å². The number of aromatic nitrogens is 2. The first-order valence-corrected chi connectivity index (χ1v) is 11.5. The normalized spacial score (nSPS) is 10.5. The zero-order chi connectivity index (χ0) is 24.2. The Morgan fingerprint density at radius 3 is 1.62 bits per heavy atom. The number of amides is 2. The van der Waals surface area contributed by atoms with E-state index in [0.717, 1.165) is 22.7 Å². The molecule has 0 aliphatic rings. The van der Waals surface area contributed by atoms with Gasteiger partial charge in [-0.3, -0.25) is 4.79 Å². The smallest absolute Gasteiger partial charge is 0.381 e. The van der Waals surface area contributed by atoms with E-state index in [9.17, 15) is 14.4 Å². The Hall–Kier alpha value is -4.09. The van der Waals surface area contributed by atoms with Gasteiger partial charge in [0.15, 0.2) is 0 Å². The van der Waals surface area contributed by atoms with Gasteiger partial charge in [-0.15, -0.1) is 0 Å². The van der Waals surface area contributed by atoms with Crippen LogP contribution in [0.1, 0.15) is 14.5 Å². The lowest BCUT2D eigenvalue weighted by molar-refractivity contribution is 0.104. The Morgan fingerprint density at radius 1 is 0.765 bits per heavy atom. The largest absolute Gasteiger partial charge is 0.416 e. The predicted molar refractivity (Wildman–Crippen MR) is 128 cm³/mol. The number of primary amides is 1. The topological polar surface area (TPSA) is 125 Å². The molecule has 9 nitrogen and oxygen atoms in total. The van der Waals surface area contributed by atoms with E-state index in [4.69, 9.17) is 15.2 Å². The number of carbonyl (C=O) groups excluding carboxylic acids is 3. The summed E-state index contributed by atoms with van der Waals surface area (Å²) >= 11 is 1.84. The number of nitrogens with two attached hydrogens (primary N) is 1. The lowest BCUT2D eigenvalue weighted by Gasteiger charge is -2.07. The lowest BCUT2D eigenvalue weighted by Crippen LogP contribution is -2.25. The number of carbonyl (C=O) groups is 3. The van der Waals surface area contributed by atoms with Crippen molar-refractivity contribution in [1.82, 2.24) is 14.9 Å². The van der Waals surface area contributed by atoms with Crippen LogP contribution in [-0.4, -0.2) is 46.9 Å². The Bertz CT molecular complexity index is 1350. The molecule has 11 heteroatoms. The third-order valence-electron chi connectivity index (χ3n) is 4.45. The second kappa shape index (κ2) is 9.81. The van der Waals surface area contributed by atoms with E-state index >= 15 is 0 Å². The lowest BCUT2D eigenvalue weighted by atomic mass is 10.1. The maximum Gasteiger partial charge on any atom is 0.416 e. The Kier molecular flexibility index (Phi) is 6.66. The molecule has 0 saturated carbocycles. The molecule has 0 bridgehead atoms. The SMILES string of the molecule is CN(C)C(=O)Oc1nc(-c2ccccc2)c(C(=O)c2sc(OC(N)=O)nc2-c2ccccc2)s1. The van der Waals surface area contributed by atoms with Crippen molar-refractivity contribution in [2.75, 3.05) is 14.1 Å². The molecule has 34 heavy (non-hydrogen) atoms. The van der Waals surface area contributed by atoms with E-state index in [1.54, 1.807) is 50.5 Å². The predicted octanol–water partition coefficient (Wildman–Crippen LogP) is 4.68. The first-order chi connectivity index (χ1) is 16.3. The molecule has 0 atom stereocenters. The van der Waals surface area contributed by atoms with E-state index in [0.29, 0.717) is 22.5 Å². The molecule has 2 N–H and O–H groups in total. The summed E-state index contributed by atoms with van der Waals surface area (Å²) in [5.41, 5.74) is 7.18. The van der Waals surface area contributed by atoms with E-state index < -0.39 is 18.0 Å². The number of rotatable bonds is 6. The molecule has 2 aromatic heterocycles. The van der Waals surface area contributed by atoms with Crippen LogP contribution in [0.3, 0.4) is 0 Å². The molecule has 0 aliphatic heterocycles. The summed E-state index contributed by atoms with van der Waals surface area (Å²) in [6, 6.07) is 18.1.